The van der Waals surface area contributed by atoms with Crippen molar-refractivity contribution in [2.45, 2.75) is 55.5 Å². The highest BCUT2D eigenvalue weighted by molar-refractivity contribution is 8.00. The van der Waals surface area contributed by atoms with Gasteiger partial charge in [0.2, 0.25) is 5.91 Å². The van der Waals surface area contributed by atoms with Crippen LogP contribution in [0.25, 0.3) is 0 Å². The van der Waals surface area contributed by atoms with Gasteiger partial charge in [-0.1, -0.05) is 48.5 Å². The van der Waals surface area contributed by atoms with E-state index < -0.39 is 11.5 Å². The lowest BCUT2D eigenvalue weighted by atomic mass is 10.1. The first-order valence-corrected chi connectivity index (χ1v) is 9.84. The standard InChI is InChI=1S/C21H25NO3S/c1-15-13-16(2)25-21(24-15)19(26-18-11-7-4-8-12-18)20(23)22-14-17-9-5-3-6-10-17/h3-12,15-16,19,21H,13-14H2,1-2H3,(H,22,23)/t15-,16-,19?/m1/s1. The molecule has 1 unspecified atom stereocenters. The molecule has 26 heavy (non-hydrogen) atoms. The normalized spacial score (nSPS) is 24.0. The molecule has 1 aliphatic heterocycles. The minimum Gasteiger partial charge on any atom is -0.351 e. The van der Waals surface area contributed by atoms with Gasteiger partial charge in [-0.05, 0) is 38.0 Å². The first-order chi connectivity index (χ1) is 12.6. The summed E-state index contributed by atoms with van der Waals surface area (Å²) in [5, 5.41) is 2.56. The number of benzene rings is 2. The summed E-state index contributed by atoms with van der Waals surface area (Å²) >= 11 is 1.48. The first-order valence-electron chi connectivity index (χ1n) is 8.96. The number of carbonyl (C=O) groups is 1. The summed E-state index contributed by atoms with van der Waals surface area (Å²) in [5.41, 5.74) is 1.07. The molecule has 1 N–H and O–H groups in total. The molecule has 5 heteroatoms. The Kier molecular flexibility index (Phi) is 6.72. The summed E-state index contributed by atoms with van der Waals surface area (Å²) in [5.74, 6) is -0.0750. The number of nitrogens with one attached hydrogen (secondary N) is 1. The molecule has 0 bridgehead atoms. The number of thioether (sulfide) groups is 1. The molecule has 0 aliphatic carbocycles. The summed E-state index contributed by atoms with van der Waals surface area (Å²) in [6.07, 6.45) is 0.425. The molecule has 1 fully saturated rings. The third kappa shape index (κ3) is 5.34. The molecule has 2 aromatic carbocycles. The number of hydrogen-bond donors (Lipinski definition) is 1. The highest BCUT2D eigenvalue weighted by Gasteiger charge is 2.36. The van der Waals surface area contributed by atoms with Crippen molar-refractivity contribution in [3.05, 3.63) is 66.2 Å². The van der Waals surface area contributed by atoms with Crippen molar-refractivity contribution >= 4 is 17.7 Å². The molecule has 138 valence electrons. The Balaban J connectivity index is 1.72. The molecule has 0 radical (unpaired) electrons. The largest absolute Gasteiger partial charge is 0.351 e. The number of amides is 1. The Bertz CT molecular complexity index is 685. The Morgan fingerprint density at radius 1 is 1.04 bits per heavy atom. The molecule has 0 aromatic heterocycles. The second kappa shape index (κ2) is 9.21. The van der Waals surface area contributed by atoms with E-state index in [0.29, 0.717) is 6.54 Å². The van der Waals surface area contributed by atoms with Crippen LogP contribution in [0.1, 0.15) is 25.8 Å². The van der Waals surface area contributed by atoms with Gasteiger partial charge in [-0.3, -0.25) is 4.79 Å². The van der Waals surface area contributed by atoms with Crippen molar-refractivity contribution in [1.29, 1.82) is 0 Å². The molecule has 0 saturated carbocycles. The zero-order chi connectivity index (χ0) is 18.4. The van der Waals surface area contributed by atoms with Gasteiger partial charge in [0.25, 0.3) is 0 Å². The highest BCUT2D eigenvalue weighted by Crippen LogP contribution is 2.31. The monoisotopic (exact) mass is 371 g/mol. The molecule has 3 rings (SSSR count). The fourth-order valence-electron chi connectivity index (χ4n) is 2.98. The van der Waals surface area contributed by atoms with E-state index in [1.807, 2.05) is 74.5 Å². The topological polar surface area (TPSA) is 47.6 Å². The van der Waals surface area contributed by atoms with Crippen LogP contribution < -0.4 is 5.32 Å². The molecule has 1 aliphatic rings. The van der Waals surface area contributed by atoms with Gasteiger partial charge in [-0.25, -0.2) is 0 Å². The van der Waals surface area contributed by atoms with Crippen LogP contribution in [0.3, 0.4) is 0 Å². The van der Waals surface area contributed by atoms with E-state index in [4.69, 9.17) is 9.47 Å². The molecule has 4 nitrogen and oxygen atoms in total. The van der Waals surface area contributed by atoms with Crippen molar-refractivity contribution < 1.29 is 14.3 Å². The Labute approximate surface area is 159 Å². The number of hydrogen-bond acceptors (Lipinski definition) is 4. The van der Waals surface area contributed by atoms with Gasteiger partial charge in [0.05, 0.1) is 12.2 Å². The third-order valence-electron chi connectivity index (χ3n) is 4.22. The minimum atomic E-state index is -0.560. The van der Waals surface area contributed by atoms with Crippen molar-refractivity contribution in [3.8, 4) is 0 Å². The van der Waals surface area contributed by atoms with Gasteiger partial charge in [-0.15, -0.1) is 11.8 Å². The van der Waals surface area contributed by atoms with Crippen LogP contribution >= 0.6 is 11.8 Å². The van der Waals surface area contributed by atoms with Crippen LogP contribution in [0.5, 0.6) is 0 Å². The molecule has 1 amide bonds. The van der Waals surface area contributed by atoms with E-state index in [0.717, 1.165) is 16.9 Å². The summed E-state index contributed by atoms with van der Waals surface area (Å²) in [7, 11) is 0. The predicted molar refractivity (Wildman–Crippen MR) is 104 cm³/mol. The predicted octanol–water partition coefficient (Wildman–Crippen LogP) is 4.00. The number of rotatable bonds is 6. The maximum absolute atomic E-state index is 12.9. The van der Waals surface area contributed by atoms with Crippen LogP contribution in [0, 0.1) is 0 Å². The van der Waals surface area contributed by atoms with Gasteiger partial charge >= 0.3 is 0 Å². The van der Waals surface area contributed by atoms with Crippen LogP contribution in [-0.4, -0.2) is 29.7 Å². The third-order valence-corrected chi connectivity index (χ3v) is 5.45. The molecular weight excluding hydrogens is 346 g/mol. The lowest BCUT2D eigenvalue weighted by Gasteiger charge is -2.36. The van der Waals surface area contributed by atoms with Crippen molar-refractivity contribution in [2.24, 2.45) is 0 Å². The fraction of sp³-hybridized carbons (Fsp3) is 0.381. The van der Waals surface area contributed by atoms with Crippen molar-refractivity contribution in [3.63, 3.8) is 0 Å². The second-order valence-electron chi connectivity index (χ2n) is 6.55. The summed E-state index contributed by atoms with van der Waals surface area (Å²) in [4.78, 5) is 14.0. The quantitative estimate of drug-likeness (QED) is 0.780. The van der Waals surface area contributed by atoms with Gasteiger partial charge in [0.1, 0.15) is 5.25 Å². The average molecular weight is 372 g/mol. The molecule has 1 heterocycles. The minimum absolute atomic E-state index is 0.0737. The van der Waals surface area contributed by atoms with E-state index >= 15 is 0 Å². The number of carbonyl (C=O) groups excluding carboxylic acids is 1. The average Bonchev–Trinajstić information content (AvgIpc) is 2.65. The van der Waals surface area contributed by atoms with E-state index in [1.165, 1.54) is 11.8 Å². The fourth-order valence-corrected chi connectivity index (χ4v) is 4.01. The zero-order valence-corrected chi connectivity index (χ0v) is 15.9. The van der Waals surface area contributed by atoms with E-state index in [2.05, 4.69) is 5.32 Å². The molecular formula is C21H25NO3S. The van der Waals surface area contributed by atoms with Crippen LogP contribution in [0.4, 0.5) is 0 Å². The Hall–Kier alpha value is -1.82. The Morgan fingerprint density at radius 2 is 1.62 bits per heavy atom. The first kappa shape index (κ1) is 19.0. The van der Waals surface area contributed by atoms with Crippen molar-refractivity contribution in [2.75, 3.05) is 0 Å². The van der Waals surface area contributed by atoms with Gasteiger partial charge in [-0.2, -0.15) is 0 Å². The van der Waals surface area contributed by atoms with Crippen LogP contribution in [-0.2, 0) is 20.8 Å². The lowest BCUT2D eigenvalue weighted by molar-refractivity contribution is -0.232. The summed E-state index contributed by atoms with van der Waals surface area (Å²) in [6.45, 7) is 4.54. The van der Waals surface area contributed by atoms with Crippen LogP contribution in [0.2, 0.25) is 0 Å². The van der Waals surface area contributed by atoms with Gasteiger partial charge < -0.3 is 14.8 Å². The number of ether oxygens (including phenoxy) is 2. The molecule has 3 atom stereocenters. The lowest BCUT2D eigenvalue weighted by Crippen LogP contribution is -2.47. The van der Waals surface area contributed by atoms with Gasteiger partial charge in [0.15, 0.2) is 6.29 Å². The summed E-state index contributed by atoms with van der Waals surface area (Å²) in [6, 6.07) is 19.8. The zero-order valence-electron chi connectivity index (χ0n) is 15.1. The Morgan fingerprint density at radius 3 is 2.23 bits per heavy atom. The summed E-state index contributed by atoms with van der Waals surface area (Å²) < 4.78 is 11.9. The van der Waals surface area contributed by atoms with Gasteiger partial charge in [0, 0.05) is 11.4 Å². The van der Waals surface area contributed by atoms with Crippen molar-refractivity contribution in [1.82, 2.24) is 5.32 Å². The molecule has 1 saturated heterocycles. The van der Waals surface area contributed by atoms with Crippen LogP contribution in [0.15, 0.2) is 65.6 Å². The van der Waals surface area contributed by atoms with E-state index in [1.54, 1.807) is 0 Å². The van der Waals surface area contributed by atoms with E-state index in [-0.39, 0.29) is 18.1 Å². The second-order valence-corrected chi connectivity index (χ2v) is 7.77. The van der Waals surface area contributed by atoms with E-state index in [9.17, 15) is 4.79 Å². The molecule has 2 aromatic rings. The molecule has 0 spiro atoms. The highest BCUT2D eigenvalue weighted by atomic mass is 32.2. The smallest absolute Gasteiger partial charge is 0.238 e. The maximum atomic E-state index is 12.9. The SMILES string of the molecule is C[C@@H]1C[C@@H](C)OC(C(Sc2ccccc2)C(=O)NCc2ccccc2)O1. The maximum Gasteiger partial charge on any atom is 0.238 e.